The smallest absolute Gasteiger partial charge is 0.156 e. The Morgan fingerprint density at radius 3 is 2.76 bits per heavy atom. The lowest BCUT2D eigenvalue weighted by Gasteiger charge is -2.13. The van der Waals surface area contributed by atoms with Gasteiger partial charge in [0, 0.05) is 43.7 Å². The van der Waals surface area contributed by atoms with Crippen LogP contribution in [0.3, 0.4) is 0 Å². The van der Waals surface area contributed by atoms with Crippen LogP contribution in [0, 0.1) is 0 Å². The molecule has 0 bridgehead atoms. The molecule has 1 saturated heterocycles. The van der Waals surface area contributed by atoms with Crippen LogP contribution in [0.1, 0.15) is 6.42 Å². The molecule has 0 amide bonds. The maximum Gasteiger partial charge on any atom is 0.156 e. The summed E-state index contributed by atoms with van der Waals surface area (Å²) in [6.07, 6.45) is 6.51. The summed E-state index contributed by atoms with van der Waals surface area (Å²) in [6.45, 7) is 1.51. The molecule has 0 spiro atoms. The van der Waals surface area contributed by atoms with E-state index in [1.807, 2.05) is 30.7 Å². The summed E-state index contributed by atoms with van der Waals surface area (Å²) >= 11 is 0. The Morgan fingerprint density at radius 1 is 1.16 bits per heavy atom. The quantitative estimate of drug-likeness (QED) is 0.639. The number of nitrogens with zero attached hydrogens (tertiary/aromatic N) is 3. The van der Waals surface area contributed by atoms with Crippen molar-refractivity contribution >= 4 is 0 Å². The SMILES string of the molecule is COCC1CC(Cn2cnc(-c3ccccc3)c2-c2ncc[nH]2)NN1. The number of hydrazine groups is 1. The van der Waals surface area contributed by atoms with Crippen LogP contribution in [0.15, 0.2) is 49.1 Å². The molecule has 7 nitrogen and oxygen atoms in total. The third-order valence-electron chi connectivity index (χ3n) is 4.45. The number of nitrogens with one attached hydrogen (secondary N) is 3. The fraction of sp³-hybridized carbons (Fsp3) is 0.333. The monoisotopic (exact) mass is 338 g/mol. The van der Waals surface area contributed by atoms with Gasteiger partial charge in [0.15, 0.2) is 5.82 Å². The summed E-state index contributed by atoms with van der Waals surface area (Å²) < 4.78 is 7.39. The number of H-pyrrole nitrogens is 1. The Labute approximate surface area is 146 Å². The molecule has 2 aromatic heterocycles. The molecule has 130 valence electrons. The Balaban J connectivity index is 1.64. The topological polar surface area (TPSA) is 79.8 Å². The first-order valence-corrected chi connectivity index (χ1v) is 8.45. The molecule has 25 heavy (non-hydrogen) atoms. The van der Waals surface area contributed by atoms with Crippen molar-refractivity contribution in [3.8, 4) is 22.8 Å². The number of hydrogen-bond donors (Lipinski definition) is 3. The zero-order chi connectivity index (χ0) is 17.1. The second-order valence-electron chi connectivity index (χ2n) is 6.27. The van der Waals surface area contributed by atoms with Crippen molar-refractivity contribution in [2.45, 2.75) is 25.0 Å². The van der Waals surface area contributed by atoms with E-state index in [-0.39, 0.29) is 0 Å². The van der Waals surface area contributed by atoms with E-state index >= 15 is 0 Å². The zero-order valence-corrected chi connectivity index (χ0v) is 14.1. The highest BCUT2D eigenvalue weighted by molar-refractivity contribution is 5.75. The minimum Gasteiger partial charge on any atom is -0.383 e. The van der Waals surface area contributed by atoms with Crippen molar-refractivity contribution < 1.29 is 4.74 Å². The summed E-state index contributed by atoms with van der Waals surface area (Å²) in [7, 11) is 1.73. The minimum absolute atomic E-state index is 0.312. The lowest BCUT2D eigenvalue weighted by atomic mass is 10.1. The van der Waals surface area contributed by atoms with Crippen LogP contribution >= 0.6 is 0 Å². The van der Waals surface area contributed by atoms with Crippen molar-refractivity contribution in [3.63, 3.8) is 0 Å². The van der Waals surface area contributed by atoms with Gasteiger partial charge in [-0.25, -0.2) is 9.97 Å². The summed E-state index contributed by atoms with van der Waals surface area (Å²) in [4.78, 5) is 12.3. The van der Waals surface area contributed by atoms with Gasteiger partial charge in [-0.05, 0) is 6.42 Å². The maximum absolute atomic E-state index is 5.23. The fourth-order valence-corrected chi connectivity index (χ4v) is 3.34. The number of rotatable bonds is 6. The van der Waals surface area contributed by atoms with Crippen molar-refractivity contribution in [1.82, 2.24) is 30.4 Å². The predicted molar refractivity (Wildman–Crippen MR) is 95.6 cm³/mol. The van der Waals surface area contributed by atoms with Gasteiger partial charge >= 0.3 is 0 Å². The molecule has 0 radical (unpaired) electrons. The van der Waals surface area contributed by atoms with Gasteiger partial charge < -0.3 is 14.3 Å². The number of hydrogen-bond acceptors (Lipinski definition) is 5. The number of ether oxygens (including phenoxy) is 1. The summed E-state index contributed by atoms with van der Waals surface area (Å²) in [5, 5.41) is 0. The Hall–Kier alpha value is -2.48. The lowest BCUT2D eigenvalue weighted by Crippen LogP contribution is -2.36. The van der Waals surface area contributed by atoms with Crippen molar-refractivity contribution in [2.24, 2.45) is 0 Å². The highest BCUT2D eigenvalue weighted by Gasteiger charge is 2.26. The van der Waals surface area contributed by atoms with E-state index in [2.05, 4.69) is 42.5 Å². The number of benzene rings is 1. The lowest BCUT2D eigenvalue weighted by molar-refractivity contribution is 0.171. The van der Waals surface area contributed by atoms with Gasteiger partial charge in [-0.1, -0.05) is 30.3 Å². The molecule has 1 aromatic carbocycles. The Morgan fingerprint density at radius 2 is 2.00 bits per heavy atom. The third-order valence-corrected chi connectivity index (χ3v) is 4.45. The highest BCUT2D eigenvalue weighted by Crippen LogP contribution is 2.29. The van der Waals surface area contributed by atoms with Gasteiger partial charge in [0.25, 0.3) is 0 Å². The van der Waals surface area contributed by atoms with Crippen LogP contribution < -0.4 is 10.9 Å². The van der Waals surface area contributed by atoms with E-state index in [9.17, 15) is 0 Å². The van der Waals surface area contributed by atoms with E-state index in [0.717, 1.165) is 35.7 Å². The number of aromatic amines is 1. The largest absolute Gasteiger partial charge is 0.383 e. The van der Waals surface area contributed by atoms with Gasteiger partial charge in [-0.15, -0.1) is 0 Å². The van der Waals surface area contributed by atoms with Gasteiger partial charge in [0.05, 0.1) is 18.6 Å². The average Bonchev–Trinajstić information content (AvgIpc) is 3.37. The molecule has 2 unspecified atom stereocenters. The van der Waals surface area contributed by atoms with Crippen LogP contribution in [0.2, 0.25) is 0 Å². The molecule has 1 fully saturated rings. The first-order chi connectivity index (χ1) is 12.3. The summed E-state index contributed by atoms with van der Waals surface area (Å²) in [6, 6.07) is 10.9. The number of methoxy groups -OCH3 is 1. The maximum atomic E-state index is 5.23. The van der Waals surface area contributed by atoms with Crippen LogP contribution in [-0.4, -0.2) is 45.3 Å². The van der Waals surface area contributed by atoms with Gasteiger partial charge in [-0.3, -0.25) is 10.9 Å². The van der Waals surface area contributed by atoms with Crippen molar-refractivity contribution in [3.05, 3.63) is 49.1 Å². The number of imidazole rings is 2. The average molecular weight is 338 g/mol. The molecule has 7 heteroatoms. The van der Waals surface area contributed by atoms with Gasteiger partial charge in [0.1, 0.15) is 5.69 Å². The van der Waals surface area contributed by atoms with Crippen LogP contribution in [0.5, 0.6) is 0 Å². The molecule has 2 atom stereocenters. The van der Waals surface area contributed by atoms with Crippen LogP contribution in [0.25, 0.3) is 22.8 Å². The van der Waals surface area contributed by atoms with Crippen LogP contribution in [-0.2, 0) is 11.3 Å². The standard InChI is InChI=1S/C18H22N6O/c1-25-11-15-9-14(22-23-15)10-24-12-21-16(13-5-3-2-4-6-13)17(24)18-19-7-8-20-18/h2-8,12,14-15,22-23H,9-11H2,1H3,(H,19,20). The van der Waals surface area contributed by atoms with Gasteiger partial charge in [0.2, 0.25) is 0 Å². The third kappa shape index (κ3) is 3.34. The van der Waals surface area contributed by atoms with E-state index in [0.29, 0.717) is 18.7 Å². The van der Waals surface area contributed by atoms with Gasteiger partial charge in [-0.2, -0.15) is 0 Å². The molecule has 1 aliphatic heterocycles. The normalized spacial score (nSPS) is 20.2. The van der Waals surface area contributed by atoms with Crippen LogP contribution in [0.4, 0.5) is 0 Å². The molecule has 3 aromatic rings. The van der Waals surface area contributed by atoms with E-state index < -0.39 is 0 Å². The second-order valence-corrected chi connectivity index (χ2v) is 6.27. The molecule has 3 heterocycles. The van der Waals surface area contributed by atoms with E-state index in [1.165, 1.54) is 0 Å². The van der Waals surface area contributed by atoms with E-state index in [1.54, 1.807) is 13.3 Å². The van der Waals surface area contributed by atoms with E-state index in [4.69, 9.17) is 4.74 Å². The molecule has 0 saturated carbocycles. The zero-order valence-electron chi connectivity index (χ0n) is 14.1. The molecule has 4 rings (SSSR count). The first-order valence-electron chi connectivity index (χ1n) is 8.45. The molecule has 1 aliphatic rings. The fourth-order valence-electron chi connectivity index (χ4n) is 3.34. The first kappa shape index (κ1) is 16.0. The molecular formula is C18H22N6O. The molecule has 3 N–H and O–H groups in total. The minimum atomic E-state index is 0.312. The van der Waals surface area contributed by atoms with Crippen molar-refractivity contribution in [1.29, 1.82) is 0 Å². The Bertz CT molecular complexity index is 798. The molecule has 0 aliphatic carbocycles. The highest BCUT2D eigenvalue weighted by atomic mass is 16.5. The van der Waals surface area contributed by atoms with Crippen molar-refractivity contribution in [2.75, 3.05) is 13.7 Å². The predicted octanol–water partition coefficient (Wildman–Crippen LogP) is 1.82. The summed E-state index contributed by atoms with van der Waals surface area (Å²) in [5.41, 5.74) is 9.67. The summed E-state index contributed by atoms with van der Waals surface area (Å²) in [5.74, 6) is 0.829. The molecular weight excluding hydrogens is 316 g/mol. The second kappa shape index (κ2) is 7.18. The number of aromatic nitrogens is 4. The Kier molecular flexibility index (Phi) is 4.60.